The summed E-state index contributed by atoms with van der Waals surface area (Å²) < 4.78 is 0. The fourth-order valence-corrected chi connectivity index (χ4v) is 2.70. The topological polar surface area (TPSA) is 0 Å². The number of fused-ring (bicyclic) bond motifs is 1. The van der Waals surface area contributed by atoms with Gasteiger partial charge in [0.05, 0.1) is 5.25 Å². The highest BCUT2D eigenvalue weighted by atomic mass is 32.1. The van der Waals surface area contributed by atoms with Gasteiger partial charge in [-0.15, -0.1) is 0 Å². The second-order valence-corrected chi connectivity index (χ2v) is 4.38. The zero-order valence-electron chi connectivity index (χ0n) is 9.48. The molecule has 0 spiro atoms. The highest BCUT2D eigenvalue weighted by Gasteiger charge is 2.30. The van der Waals surface area contributed by atoms with E-state index in [1.54, 1.807) is 0 Å². The van der Waals surface area contributed by atoms with E-state index in [0.717, 1.165) is 6.42 Å². The van der Waals surface area contributed by atoms with Crippen molar-refractivity contribution in [2.24, 2.45) is 0 Å². The van der Waals surface area contributed by atoms with Crippen LogP contribution in [0.15, 0.2) is 71.4 Å². The summed E-state index contributed by atoms with van der Waals surface area (Å²) in [4.78, 5) is 0. The molecule has 1 heteroatoms. The second kappa shape index (κ2) is 4.75. The van der Waals surface area contributed by atoms with Crippen LogP contribution in [0, 0.1) is 0 Å². The Kier molecular flexibility index (Phi) is 3.35. The minimum atomic E-state index is 0.179. The third-order valence-corrected chi connectivity index (χ3v) is 3.51. The van der Waals surface area contributed by atoms with E-state index in [1.807, 2.05) is 6.08 Å². The Morgan fingerprint density at radius 1 is 1.50 bits per heavy atom. The Morgan fingerprint density at radius 3 is 3.00 bits per heavy atom. The van der Waals surface area contributed by atoms with Gasteiger partial charge in [-0.05, 0) is 35.6 Å². The number of rotatable bonds is 1. The summed E-state index contributed by atoms with van der Waals surface area (Å²) in [5.41, 5.74) is 5.20. The molecule has 0 amide bonds. The van der Waals surface area contributed by atoms with Gasteiger partial charge in [0.1, 0.15) is 0 Å². The lowest BCUT2D eigenvalue weighted by Crippen LogP contribution is -1.96. The average molecular weight is 228 g/mol. The Balaban J connectivity index is 2.58. The third-order valence-electron chi connectivity index (χ3n) is 2.96. The van der Waals surface area contributed by atoms with Crippen molar-refractivity contribution in [3.8, 4) is 0 Å². The molecule has 0 bridgehead atoms. The van der Waals surface area contributed by atoms with Gasteiger partial charge in [0.25, 0.3) is 0 Å². The van der Waals surface area contributed by atoms with Crippen LogP contribution >= 0.6 is 12.6 Å². The molecule has 2 aliphatic carbocycles. The van der Waals surface area contributed by atoms with Crippen LogP contribution in [0.2, 0.25) is 0 Å². The summed E-state index contributed by atoms with van der Waals surface area (Å²) in [5, 5.41) is 0.179. The first-order chi connectivity index (χ1) is 7.79. The summed E-state index contributed by atoms with van der Waals surface area (Å²) >= 11 is 4.70. The molecule has 1 unspecified atom stereocenters. The lowest BCUT2D eigenvalue weighted by molar-refractivity contribution is 1.30. The summed E-state index contributed by atoms with van der Waals surface area (Å²) in [6.07, 6.45) is 15.8. The Labute approximate surface area is 103 Å². The SMILES string of the molecule is C=C/C=C1\C(=C/C)C2=CCC=CC=C2C1S. The first-order valence-electron chi connectivity index (χ1n) is 5.54. The van der Waals surface area contributed by atoms with Gasteiger partial charge in [-0.1, -0.05) is 49.1 Å². The highest BCUT2D eigenvalue weighted by Crippen LogP contribution is 2.44. The molecule has 0 radical (unpaired) electrons. The van der Waals surface area contributed by atoms with Crippen molar-refractivity contribution in [1.82, 2.24) is 0 Å². The second-order valence-electron chi connectivity index (χ2n) is 3.87. The number of thiol groups is 1. The van der Waals surface area contributed by atoms with Gasteiger partial charge >= 0.3 is 0 Å². The van der Waals surface area contributed by atoms with E-state index >= 15 is 0 Å². The first-order valence-corrected chi connectivity index (χ1v) is 6.06. The van der Waals surface area contributed by atoms with E-state index in [0.29, 0.717) is 0 Å². The monoisotopic (exact) mass is 228 g/mol. The zero-order valence-corrected chi connectivity index (χ0v) is 10.4. The van der Waals surface area contributed by atoms with Gasteiger partial charge in [-0.2, -0.15) is 12.6 Å². The molecule has 0 aromatic carbocycles. The first kappa shape index (κ1) is 11.3. The summed E-state index contributed by atoms with van der Waals surface area (Å²) in [5.74, 6) is 0. The van der Waals surface area contributed by atoms with Gasteiger partial charge < -0.3 is 0 Å². The van der Waals surface area contributed by atoms with Gasteiger partial charge in [0.2, 0.25) is 0 Å². The van der Waals surface area contributed by atoms with E-state index in [-0.39, 0.29) is 5.25 Å². The molecule has 0 N–H and O–H groups in total. The molecule has 0 nitrogen and oxygen atoms in total. The maximum atomic E-state index is 4.70. The smallest absolute Gasteiger partial charge is 0.0528 e. The van der Waals surface area contributed by atoms with Gasteiger partial charge in [0.15, 0.2) is 0 Å². The summed E-state index contributed by atoms with van der Waals surface area (Å²) in [7, 11) is 0. The van der Waals surface area contributed by atoms with E-state index < -0.39 is 0 Å². The molecule has 2 rings (SSSR count). The average Bonchev–Trinajstić information content (AvgIpc) is 2.49. The van der Waals surface area contributed by atoms with E-state index in [2.05, 4.69) is 50.0 Å². The molecule has 1 atom stereocenters. The maximum absolute atomic E-state index is 4.70. The third kappa shape index (κ3) is 1.76. The van der Waals surface area contributed by atoms with E-state index in [4.69, 9.17) is 12.6 Å². The van der Waals surface area contributed by atoms with Crippen LogP contribution in [0.25, 0.3) is 0 Å². The van der Waals surface area contributed by atoms with Gasteiger partial charge in [-0.3, -0.25) is 0 Å². The van der Waals surface area contributed by atoms with Crippen molar-refractivity contribution < 1.29 is 0 Å². The largest absolute Gasteiger partial charge is 0.166 e. The number of allylic oxidation sites excluding steroid dienone is 9. The Morgan fingerprint density at radius 2 is 2.31 bits per heavy atom. The predicted molar refractivity (Wildman–Crippen MR) is 74.7 cm³/mol. The van der Waals surface area contributed by atoms with Crippen LogP contribution in [0.3, 0.4) is 0 Å². The predicted octanol–water partition coefficient (Wildman–Crippen LogP) is 4.17. The standard InChI is InChI=1S/C15H16S/c1-3-8-13-11(4-2)12-9-6-5-7-10-14(12)15(13)16/h3-5,7-10,15-16H,1,6H2,2H3/b11-4-,13-8+. The quantitative estimate of drug-likeness (QED) is 0.640. The lowest BCUT2D eigenvalue weighted by atomic mass is 10.0. The van der Waals surface area contributed by atoms with Crippen molar-refractivity contribution in [1.29, 1.82) is 0 Å². The molecule has 2 aliphatic rings. The Hall–Kier alpha value is -1.21. The highest BCUT2D eigenvalue weighted by molar-refractivity contribution is 7.81. The number of hydrogen-bond acceptors (Lipinski definition) is 1. The Bertz CT molecular complexity index is 454. The van der Waals surface area contributed by atoms with Gasteiger partial charge in [0, 0.05) is 0 Å². The summed E-state index contributed by atoms with van der Waals surface area (Å²) in [6.45, 7) is 5.85. The maximum Gasteiger partial charge on any atom is 0.0528 e. The molecule has 0 aromatic rings. The van der Waals surface area contributed by atoms with Gasteiger partial charge in [-0.25, -0.2) is 0 Å². The van der Waals surface area contributed by atoms with Crippen molar-refractivity contribution in [2.75, 3.05) is 0 Å². The minimum absolute atomic E-state index is 0.179. The zero-order chi connectivity index (χ0) is 11.5. The molecule has 0 aliphatic heterocycles. The van der Waals surface area contributed by atoms with Crippen molar-refractivity contribution >= 4 is 12.6 Å². The molecule has 1 fully saturated rings. The molecule has 16 heavy (non-hydrogen) atoms. The molecular formula is C15H16S. The van der Waals surface area contributed by atoms with Crippen LogP contribution in [0.4, 0.5) is 0 Å². The normalized spacial score (nSPS) is 28.8. The van der Waals surface area contributed by atoms with Crippen LogP contribution < -0.4 is 0 Å². The molecule has 0 saturated heterocycles. The van der Waals surface area contributed by atoms with Crippen molar-refractivity contribution in [3.63, 3.8) is 0 Å². The van der Waals surface area contributed by atoms with Crippen LogP contribution in [0.5, 0.6) is 0 Å². The summed E-state index contributed by atoms with van der Waals surface area (Å²) in [6, 6.07) is 0. The van der Waals surface area contributed by atoms with E-state index in [9.17, 15) is 0 Å². The molecule has 82 valence electrons. The van der Waals surface area contributed by atoms with E-state index in [1.165, 1.54) is 22.3 Å². The fraction of sp³-hybridized carbons (Fsp3) is 0.200. The number of hydrogen-bond donors (Lipinski definition) is 1. The molecule has 1 saturated carbocycles. The lowest BCUT2D eigenvalue weighted by Gasteiger charge is -2.04. The van der Waals surface area contributed by atoms with Crippen molar-refractivity contribution in [2.45, 2.75) is 18.6 Å². The molecule has 0 heterocycles. The molecule has 0 aromatic heterocycles. The molecular weight excluding hydrogens is 212 g/mol. The van der Waals surface area contributed by atoms with Crippen molar-refractivity contribution in [3.05, 3.63) is 71.4 Å². The van der Waals surface area contributed by atoms with Crippen LogP contribution in [0.1, 0.15) is 13.3 Å². The fourth-order valence-electron chi connectivity index (χ4n) is 2.25. The van der Waals surface area contributed by atoms with Crippen LogP contribution in [-0.4, -0.2) is 5.25 Å². The van der Waals surface area contributed by atoms with Crippen LogP contribution in [-0.2, 0) is 0 Å². The minimum Gasteiger partial charge on any atom is -0.166 e.